The second-order valence-electron chi connectivity index (χ2n) is 6.11. The van der Waals surface area contributed by atoms with Crippen LogP contribution in [0.4, 0.5) is 0 Å². The number of carbonyl (C=O) groups excluding carboxylic acids is 3. The Morgan fingerprint density at radius 1 is 1.27 bits per heavy atom. The van der Waals surface area contributed by atoms with Gasteiger partial charge in [0.15, 0.2) is 5.78 Å². The van der Waals surface area contributed by atoms with Crippen molar-refractivity contribution in [3.05, 3.63) is 35.9 Å². The van der Waals surface area contributed by atoms with E-state index in [2.05, 4.69) is 0 Å². The first-order valence-corrected chi connectivity index (χ1v) is 8.33. The fourth-order valence-corrected chi connectivity index (χ4v) is 3.15. The maximum atomic E-state index is 13.0. The Kier molecular flexibility index (Phi) is 6.23. The zero-order valence-corrected chi connectivity index (χ0v) is 14.5. The first kappa shape index (κ1) is 19.7. The minimum atomic E-state index is -2.24. The van der Waals surface area contributed by atoms with Crippen LogP contribution in [0.3, 0.4) is 0 Å². The van der Waals surface area contributed by atoms with Crippen LogP contribution in [0.15, 0.2) is 30.3 Å². The summed E-state index contributed by atoms with van der Waals surface area (Å²) in [5.41, 5.74) is 3.33. The third-order valence-corrected chi connectivity index (χ3v) is 4.56. The molecule has 2 atom stereocenters. The molecule has 1 aromatic rings. The number of nitrogens with zero attached hydrogens (tertiary/aromatic N) is 1. The van der Waals surface area contributed by atoms with Crippen molar-refractivity contribution in [3.8, 4) is 0 Å². The van der Waals surface area contributed by atoms with Crippen molar-refractivity contribution < 1.29 is 29.0 Å². The molecule has 0 saturated carbocycles. The summed E-state index contributed by atoms with van der Waals surface area (Å²) in [6.45, 7) is 0.311. The Morgan fingerprint density at radius 3 is 2.46 bits per heavy atom. The number of Topliss-reactive ketones (excluding diaryl/α,β-unsaturated/α-hetero) is 1. The largest absolute Gasteiger partial charge is 0.479 e. The van der Waals surface area contributed by atoms with Crippen molar-refractivity contribution in [1.29, 1.82) is 0 Å². The lowest BCUT2D eigenvalue weighted by molar-refractivity contribution is -0.172. The predicted molar refractivity (Wildman–Crippen MR) is 91.3 cm³/mol. The van der Waals surface area contributed by atoms with Crippen LogP contribution in [0.25, 0.3) is 0 Å². The zero-order chi connectivity index (χ0) is 19.3. The first-order chi connectivity index (χ1) is 12.4. The molecule has 26 heavy (non-hydrogen) atoms. The molecule has 1 aromatic carbocycles. The summed E-state index contributed by atoms with van der Waals surface area (Å²) in [5.74, 6) is -3.90. The quantitative estimate of drug-likeness (QED) is 0.413. The number of nitrogens with two attached hydrogens (primary N) is 1. The number of ether oxygens (including phenoxy) is 1. The molecular weight excluding hydrogens is 340 g/mol. The van der Waals surface area contributed by atoms with E-state index < -0.39 is 35.2 Å². The summed E-state index contributed by atoms with van der Waals surface area (Å²) >= 11 is 0. The number of ketones is 1. The molecule has 1 fully saturated rings. The molecule has 1 heterocycles. The SMILES string of the molecule is COC1CC(=O)[C@](CCCCN)(C(=O)O)N(C(=O)c2ccccc2)C1=O. The van der Waals surface area contributed by atoms with Crippen LogP contribution in [0.2, 0.25) is 0 Å². The van der Waals surface area contributed by atoms with E-state index in [1.165, 1.54) is 19.2 Å². The fraction of sp³-hybridized carbons (Fsp3) is 0.444. The zero-order valence-electron chi connectivity index (χ0n) is 14.5. The van der Waals surface area contributed by atoms with Crippen molar-refractivity contribution in [2.45, 2.75) is 37.3 Å². The molecular formula is C18H22N2O6. The molecule has 0 aromatic heterocycles. The maximum absolute atomic E-state index is 13.0. The number of benzene rings is 1. The van der Waals surface area contributed by atoms with E-state index in [1.54, 1.807) is 18.2 Å². The van der Waals surface area contributed by atoms with Gasteiger partial charge in [-0.2, -0.15) is 0 Å². The number of likely N-dealkylation sites (tertiary alicyclic amines) is 1. The van der Waals surface area contributed by atoms with Crippen LogP contribution < -0.4 is 5.73 Å². The third-order valence-electron chi connectivity index (χ3n) is 4.56. The molecule has 1 aliphatic rings. The Hall–Kier alpha value is -2.58. The molecule has 8 nitrogen and oxygen atoms in total. The molecule has 1 unspecified atom stereocenters. The summed E-state index contributed by atoms with van der Waals surface area (Å²) in [5, 5.41) is 9.86. The number of rotatable bonds is 7. The van der Waals surface area contributed by atoms with Crippen LogP contribution in [0.1, 0.15) is 36.0 Å². The number of carbonyl (C=O) groups is 4. The number of aliphatic carboxylic acids is 1. The minimum absolute atomic E-state index is 0.120. The van der Waals surface area contributed by atoms with Crippen molar-refractivity contribution in [3.63, 3.8) is 0 Å². The Morgan fingerprint density at radius 2 is 1.92 bits per heavy atom. The van der Waals surface area contributed by atoms with Gasteiger partial charge in [-0.05, 0) is 37.9 Å². The van der Waals surface area contributed by atoms with Gasteiger partial charge in [0.05, 0.1) is 0 Å². The number of hydrogen-bond acceptors (Lipinski definition) is 6. The standard InChI is InChI=1S/C18H22N2O6/c1-26-13-11-14(21)18(17(24)25,9-5-6-10-19)20(16(13)23)15(22)12-7-3-2-4-8-12/h2-4,7-8,13H,5-6,9-11,19H2,1H3,(H,24,25)/t13?,18-/m1/s1. The third kappa shape index (κ3) is 3.38. The molecule has 2 amide bonds. The summed E-state index contributed by atoms with van der Waals surface area (Å²) in [6, 6.07) is 7.79. The van der Waals surface area contributed by atoms with Crippen LogP contribution >= 0.6 is 0 Å². The van der Waals surface area contributed by atoms with Crippen molar-refractivity contribution in [1.82, 2.24) is 4.90 Å². The highest BCUT2D eigenvalue weighted by atomic mass is 16.5. The number of carboxylic acid groups (broad SMARTS) is 1. The molecule has 0 bridgehead atoms. The topological polar surface area (TPSA) is 127 Å². The van der Waals surface area contributed by atoms with Gasteiger partial charge in [-0.25, -0.2) is 4.79 Å². The minimum Gasteiger partial charge on any atom is -0.479 e. The lowest BCUT2D eigenvalue weighted by Gasteiger charge is -2.43. The molecule has 3 N–H and O–H groups in total. The molecule has 140 valence electrons. The van der Waals surface area contributed by atoms with Gasteiger partial charge in [0, 0.05) is 19.1 Å². The Labute approximate surface area is 150 Å². The molecule has 0 aliphatic carbocycles. The van der Waals surface area contributed by atoms with Gasteiger partial charge >= 0.3 is 5.97 Å². The van der Waals surface area contributed by atoms with Gasteiger partial charge in [-0.3, -0.25) is 19.3 Å². The Bertz CT molecular complexity index is 705. The maximum Gasteiger partial charge on any atom is 0.337 e. The average molecular weight is 362 g/mol. The van der Waals surface area contributed by atoms with Crippen molar-refractivity contribution >= 4 is 23.6 Å². The number of methoxy groups -OCH3 is 1. The predicted octanol–water partition coefficient (Wildman–Crippen LogP) is 0.596. The number of carboxylic acids is 1. The van der Waals surface area contributed by atoms with Gasteiger partial charge in [0.25, 0.3) is 11.8 Å². The highest BCUT2D eigenvalue weighted by Gasteiger charge is 2.60. The number of unbranched alkanes of at least 4 members (excludes halogenated alkanes) is 1. The normalized spacial score (nSPS) is 23.2. The van der Waals surface area contributed by atoms with Gasteiger partial charge in [-0.1, -0.05) is 18.2 Å². The lowest BCUT2D eigenvalue weighted by atomic mass is 9.79. The van der Waals surface area contributed by atoms with E-state index in [0.717, 1.165) is 0 Å². The van der Waals surface area contributed by atoms with Crippen molar-refractivity contribution in [2.75, 3.05) is 13.7 Å². The number of piperidine rings is 1. The molecule has 1 aliphatic heterocycles. The highest BCUT2D eigenvalue weighted by molar-refractivity contribution is 6.21. The van der Waals surface area contributed by atoms with Crippen molar-refractivity contribution in [2.24, 2.45) is 5.73 Å². The monoisotopic (exact) mass is 362 g/mol. The van der Waals surface area contributed by atoms with Crippen LogP contribution in [0, 0.1) is 0 Å². The van der Waals surface area contributed by atoms with Gasteiger partial charge in [-0.15, -0.1) is 0 Å². The molecule has 0 radical (unpaired) electrons. The smallest absolute Gasteiger partial charge is 0.337 e. The molecule has 0 spiro atoms. The summed E-state index contributed by atoms with van der Waals surface area (Å²) in [6.07, 6.45) is -0.991. The number of hydrogen-bond donors (Lipinski definition) is 2. The summed E-state index contributed by atoms with van der Waals surface area (Å²) in [7, 11) is 1.24. The van der Waals surface area contributed by atoms with Crippen LogP contribution in [0.5, 0.6) is 0 Å². The van der Waals surface area contributed by atoms with E-state index >= 15 is 0 Å². The van der Waals surface area contributed by atoms with Gasteiger partial charge < -0.3 is 15.6 Å². The summed E-state index contributed by atoms with van der Waals surface area (Å²) in [4.78, 5) is 51.3. The highest BCUT2D eigenvalue weighted by Crippen LogP contribution is 2.34. The lowest BCUT2D eigenvalue weighted by Crippen LogP contribution is -2.69. The fourth-order valence-electron chi connectivity index (χ4n) is 3.15. The van der Waals surface area contributed by atoms with E-state index in [0.29, 0.717) is 17.9 Å². The van der Waals surface area contributed by atoms with E-state index in [1.807, 2.05) is 0 Å². The second kappa shape index (κ2) is 8.20. The van der Waals surface area contributed by atoms with E-state index in [4.69, 9.17) is 10.5 Å². The Balaban J connectivity index is 2.55. The van der Waals surface area contributed by atoms with Gasteiger partial charge in [0.1, 0.15) is 6.10 Å². The number of amides is 2. The molecule has 1 saturated heterocycles. The molecule has 8 heteroatoms. The average Bonchev–Trinajstić information content (AvgIpc) is 2.64. The van der Waals surface area contributed by atoms with Gasteiger partial charge in [0.2, 0.25) is 5.54 Å². The van der Waals surface area contributed by atoms with Crippen LogP contribution in [-0.4, -0.2) is 58.9 Å². The van der Waals surface area contributed by atoms with Crippen LogP contribution in [-0.2, 0) is 19.1 Å². The van der Waals surface area contributed by atoms with E-state index in [9.17, 15) is 24.3 Å². The van der Waals surface area contributed by atoms with E-state index in [-0.39, 0.29) is 24.8 Å². The molecule has 2 rings (SSSR count). The number of imide groups is 1. The summed E-state index contributed by atoms with van der Waals surface area (Å²) < 4.78 is 5.01. The first-order valence-electron chi connectivity index (χ1n) is 8.33. The second-order valence-corrected chi connectivity index (χ2v) is 6.11.